The number of rotatable bonds is 6. The van der Waals surface area contributed by atoms with Crippen molar-refractivity contribution < 1.29 is 19.0 Å². The number of benzene rings is 1. The van der Waals surface area contributed by atoms with E-state index in [0.717, 1.165) is 38.6 Å². The number of hydrogen-bond acceptors (Lipinski definition) is 5. The fourth-order valence-electron chi connectivity index (χ4n) is 3.92. The summed E-state index contributed by atoms with van der Waals surface area (Å²) >= 11 is 0. The minimum Gasteiger partial charge on any atom is -0.469 e. The first-order chi connectivity index (χ1) is 14.1. The molecule has 2 heterocycles. The van der Waals surface area contributed by atoms with Crippen molar-refractivity contribution in [1.29, 1.82) is 0 Å². The lowest BCUT2D eigenvalue weighted by atomic mass is 9.99. The van der Waals surface area contributed by atoms with Crippen LogP contribution in [-0.4, -0.2) is 63.4 Å². The highest BCUT2D eigenvalue weighted by Crippen LogP contribution is 2.24. The van der Waals surface area contributed by atoms with Crippen LogP contribution in [0, 0.1) is 11.8 Å². The van der Waals surface area contributed by atoms with Crippen LogP contribution >= 0.6 is 0 Å². The van der Waals surface area contributed by atoms with Crippen LogP contribution in [-0.2, 0) is 32.2 Å². The Hall–Kier alpha value is -2.12. The molecule has 2 unspecified atom stereocenters. The highest BCUT2D eigenvalue weighted by atomic mass is 16.5. The van der Waals surface area contributed by atoms with Crippen molar-refractivity contribution in [2.45, 2.75) is 39.0 Å². The Morgan fingerprint density at radius 2 is 1.90 bits per heavy atom. The van der Waals surface area contributed by atoms with Gasteiger partial charge in [-0.05, 0) is 29.9 Å². The molecule has 1 aromatic rings. The summed E-state index contributed by atoms with van der Waals surface area (Å²) in [5.41, 5.74) is 2.36. The smallest absolute Gasteiger partial charge is 0.310 e. The molecule has 7 nitrogen and oxygen atoms in total. The topological polar surface area (TPSA) is 72.4 Å². The van der Waals surface area contributed by atoms with E-state index in [0.29, 0.717) is 25.8 Å². The van der Waals surface area contributed by atoms with Gasteiger partial charge in [0.05, 0.1) is 25.7 Å². The van der Waals surface area contributed by atoms with Crippen LogP contribution < -0.4 is 5.32 Å². The van der Waals surface area contributed by atoms with E-state index in [1.165, 1.54) is 18.2 Å². The van der Waals surface area contributed by atoms with Crippen molar-refractivity contribution in [3.8, 4) is 0 Å². The van der Waals surface area contributed by atoms with Crippen molar-refractivity contribution in [2.24, 2.45) is 16.8 Å². The van der Waals surface area contributed by atoms with Crippen molar-refractivity contribution >= 4 is 11.9 Å². The molecule has 0 aliphatic carbocycles. The molecule has 2 saturated heterocycles. The van der Waals surface area contributed by atoms with Crippen molar-refractivity contribution in [3.05, 3.63) is 35.4 Å². The molecule has 0 radical (unpaired) electrons. The van der Waals surface area contributed by atoms with E-state index in [9.17, 15) is 4.79 Å². The summed E-state index contributed by atoms with van der Waals surface area (Å²) in [5.74, 6) is 0.814. The predicted molar refractivity (Wildman–Crippen MR) is 112 cm³/mol. The predicted octanol–water partition coefficient (Wildman–Crippen LogP) is 2.20. The van der Waals surface area contributed by atoms with E-state index >= 15 is 0 Å². The summed E-state index contributed by atoms with van der Waals surface area (Å²) in [6, 6.07) is 8.47. The number of hydrogen-bond donors (Lipinski definition) is 1. The first-order valence-electron chi connectivity index (χ1n) is 10.4. The highest BCUT2D eigenvalue weighted by Gasteiger charge is 2.36. The van der Waals surface area contributed by atoms with E-state index in [1.807, 2.05) is 0 Å². The van der Waals surface area contributed by atoms with E-state index in [1.54, 1.807) is 7.05 Å². The first kappa shape index (κ1) is 21.6. The molecule has 1 aromatic carbocycles. The summed E-state index contributed by atoms with van der Waals surface area (Å²) < 4.78 is 16.3. The molecule has 3 rings (SSSR count). The monoisotopic (exact) mass is 403 g/mol. The van der Waals surface area contributed by atoms with Crippen LogP contribution in [0.2, 0.25) is 0 Å². The van der Waals surface area contributed by atoms with Gasteiger partial charge in [0.1, 0.15) is 0 Å². The SMILES string of the molecule is CN=C(NCc1ccc(COC2CCOCC2)cc1)N1CC(C)C(C(=O)OC)C1. The molecule has 0 spiro atoms. The van der Waals surface area contributed by atoms with Gasteiger partial charge >= 0.3 is 5.97 Å². The van der Waals surface area contributed by atoms with Crippen LogP contribution in [0.25, 0.3) is 0 Å². The van der Waals surface area contributed by atoms with E-state index in [4.69, 9.17) is 14.2 Å². The molecule has 29 heavy (non-hydrogen) atoms. The van der Waals surface area contributed by atoms with Gasteiger partial charge in [0.15, 0.2) is 5.96 Å². The maximum Gasteiger partial charge on any atom is 0.310 e. The van der Waals surface area contributed by atoms with Crippen molar-refractivity contribution in [1.82, 2.24) is 10.2 Å². The maximum absolute atomic E-state index is 11.9. The zero-order chi connectivity index (χ0) is 20.6. The Labute approximate surface area is 173 Å². The number of nitrogens with zero attached hydrogens (tertiary/aromatic N) is 2. The Morgan fingerprint density at radius 1 is 1.21 bits per heavy atom. The van der Waals surface area contributed by atoms with Gasteiger partial charge in [0, 0.05) is 39.9 Å². The largest absolute Gasteiger partial charge is 0.469 e. The van der Waals surface area contributed by atoms with Gasteiger partial charge in [-0.2, -0.15) is 0 Å². The van der Waals surface area contributed by atoms with Crippen LogP contribution in [0.1, 0.15) is 30.9 Å². The third kappa shape index (κ3) is 5.93. The minimum atomic E-state index is -0.144. The Morgan fingerprint density at radius 3 is 2.55 bits per heavy atom. The van der Waals surface area contributed by atoms with Gasteiger partial charge in [-0.3, -0.25) is 9.79 Å². The lowest BCUT2D eigenvalue weighted by Gasteiger charge is -2.22. The summed E-state index contributed by atoms with van der Waals surface area (Å²) in [6.45, 7) is 6.43. The normalized spacial score (nSPS) is 23.3. The zero-order valence-electron chi connectivity index (χ0n) is 17.7. The maximum atomic E-state index is 11.9. The molecule has 0 aromatic heterocycles. The number of aliphatic imine (C=N–C) groups is 1. The number of carbonyl (C=O) groups is 1. The average Bonchev–Trinajstić information content (AvgIpc) is 3.15. The van der Waals surface area contributed by atoms with Crippen LogP contribution in [0.5, 0.6) is 0 Å². The molecule has 0 saturated carbocycles. The minimum absolute atomic E-state index is 0.103. The van der Waals surface area contributed by atoms with Crippen molar-refractivity contribution in [2.75, 3.05) is 40.5 Å². The summed E-state index contributed by atoms with van der Waals surface area (Å²) in [7, 11) is 3.22. The van der Waals surface area contributed by atoms with Crippen LogP contribution in [0.15, 0.2) is 29.3 Å². The quantitative estimate of drug-likeness (QED) is 0.446. The molecule has 2 atom stereocenters. The fraction of sp³-hybridized carbons (Fsp3) is 0.636. The van der Waals surface area contributed by atoms with Gasteiger partial charge in [0.2, 0.25) is 0 Å². The first-order valence-corrected chi connectivity index (χ1v) is 10.4. The number of esters is 1. The van der Waals surface area contributed by atoms with Crippen LogP contribution in [0.3, 0.4) is 0 Å². The zero-order valence-corrected chi connectivity index (χ0v) is 17.7. The molecular weight excluding hydrogens is 370 g/mol. The Kier molecular flexibility index (Phi) is 7.89. The number of ether oxygens (including phenoxy) is 3. The molecule has 7 heteroatoms. The molecule has 1 N–H and O–H groups in total. The number of nitrogens with one attached hydrogen (secondary N) is 1. The lowest BCUT2D eigenvalue weighted by molar-refractivity contribution is -0.145. The second kappa shape index (κ2) is 10.6. The van der Waals surface area contributed by atoms with E-state index in [2.05, 4.69) is 46.4 Å². The van der Waals surface area contributed by atoms with Gasteiger partial charge < -0.3 is 24.4 Å². The number of carbonyl (C=O) groups excluding carboxylic acids is 1. The summed E-state index contributed by atoms with van der Waals surface area (Å²) in [5, 5.41) is 3.41. The van der Waals surface area contributed by atoms with Gasteiger partial charge in [-0.25, -0.2) is 0 Å². The summed E-state index contributed by atoms with van der Waals surface area (Å²) in [6.07, 6.45) is 2.27. The number of guanidine groups is 1. The molecule has 160 valence electrons. The number of methoxy groups -OCH3 is 1. The van der Waals surface area contributed by atoms with Gasteiger partial charge in [-0.1, -0.05) is 31.2 Å². The second-order valence-electron chi connectivity index (χ2n) is 7.85. The second-order valence-corrected chi connectivity index (χ2v) is 7.85. The van der Waals surface area contributed by atoms with Gasteiger partial charge in [-0.15, -0.1) is 0 Å². The van der Waals surface area contributed by atoms with E-state index in [-0.39, 0.29) is 17.8 Å². The van der Waals surface area contributed by atoms with Crippen molar-refractivity contribution in [3.63, 3.8) is 0 Å². The molecule has 2 aliphatic rings. The lowest BCUT2D eigenvalue weighted by Crippen LogP contribution is -2.40. The Balaban J connectivity index is 1.46. The Bertz CT molecular complexity index is 686. The molecular formula is C22H33N3O4. The fourth-order valence-corrected chi connectivity index (χ4v) is 3.92. The molecule has 2 fully saturated rings. The van der Waals surface area contributed by atoms with Crippen LogP contribution in [0.4, 0.5) is 0 Å². The summed E-state index contributed by atoms with van der Waals surface area (Å²) in [4.78, 5) is 18.4. The molecule has 0 amide bonds. The van der Waals surface area contributed by atoms with Gasteiger partial charge in [0.25, 0.3) is 0 Å². The highest BCUT2D eigenvalue weighted by molar-refractivity contribution is 5.82. The third-order valence-corrected chi connectivity index (χ3v) is 5.76. The standard InChI is InChI=1S/C22H33N3O4/c1-16-13-25(14-20(16)21(26)27-3)22(23-2)24-12-17-4-6-18(7-5-17)15-29-19-8-10-28-11-9-19/h4-7,16,19-20H,8-15H2,1-3H3,(H,23,24). The van der Waals surface area contributed by atoms with E-state index < -0.39 is 0 Å². The average molecular weight is 404 g/mol. The molecule has 0 bridgehead atoms. The molecule has 2 aliphatic heterocycles. The number of likely N-dealkylation sites (tertiary alicyclic amines) is 1. The third-order valence-electron chi connectivity index (χ3n) is 5.76.